The first-order valence-corrected chi connectivity index (χ1v) is 4.76. The molecule has 0 aliphatic carbocycles. The van der Waals surface area contributed by atoms with Crippen LogP contribution in [0.25, 0.3) is 5.70 Å². The van der Waals surface area contributed by atoms with Crippen LogP contribution in [0, 0.1) is 0 Å². The lowest BCUT2D eigenvalue weighted by molar-refractivity contribution is 0.473. The van der Waals surface area contributed by atoms with Crippen molar-refractivity contribution >= 4 is 5.70 Å². The third-order valence-corrected chi connectivity index (χ3v) is 2.24. The van der Waals surface area contributed by atoms with E-state index in [0.717, 1.165) is 11.3 Å². The molecular weight excluding hydrogens is 188 g/mol. The van der Waals surface area contributed by atoms with Crippen molar-refractivity contribution < 1.29 is 5.11 Å². The predicted molar refractivity (Wildman–Crippen MR) is 59.4 cm³/mol. The number of imidazole rings is 1. The number of nitrogens with zero attached hydrogens (tertiary/aromatic N) is 2. The largest absolute Gasteiger partial charge is 0.507 e. The Labute approximate surface area is 88.3 Å². The molecule has 76 valence electrons. The van der Waals surface area contributed by atoms with E-state index >= 15 is 0 Å². The first-order valence-electron chi connectivity index (χ1n) is 4.76. The molecular formula is C12H12N2O. The standard InChI is InChI=1S/C12H12N2O/c1-2-11(14-8-7-13-9-14)10-5-3-4-6-12(10)15/h2-9,15H,1H3/b11-2+. The molecule has 0 aliphatic heterocycles. The molecule has 1 N–H and O–H groups in total. The van der Waals surface area contributed by atoms with Gasteiger partial charge in [-0.15, -0.1) is 0 Å². The summed E-state index contributed by atoms with van der Waals surface area (Å²) < 4.78 is 1.87. The number of para-hydroxylation sites is 1. The summed E-state index contributed by atoms with van der Waals surface area (Å²) in [4.78, 5) is 3.99. The van der Waals surface area contributed by atoms with Crippen molar-refractivity contribution in [3.8, 4) is 5.75 Å². The second-order valence-corrected chi connectivity index (χ2v) is 3.16. The lowest BCUT2D eigenvalue weighted by atomic mass is 10.1. The highest BCUT2D eigenvalue weighted by Gasteiger charge is 2.06. The normalized spacial score (nSPS) is 11.7. The molecule has 2 rings (SSSR count). The first kappa shape index (κ1) is 9.52. The first-order chi connectivity index (χ1) is 7.33. The van der Waals surface area contributed by atoms with Gasteiger partial charge in [0, 0.05) is 18.0 Å². The average Bonchev–Trinajstić information content (AvgIpc) is 2.75. The maximum absolute atomic E-state index is 9.74. The lowest BCUT2D eigenvalue weighted by Gasteiger charge is -2.09. The van der Waals surface area contributed by atoms with E-state index in [-0.39, 0.29) is 5.75 Å². The molecule has 0 amide bonds. The number of aromatic hydroxyl groups is 1. The Hall–Kier alpha value is -2.03. The Balaban J connectivity index is 2.50. The number of phenols is 1. The van der Waals surface area contributed by atoms with Crippen molar-refractivity contribution in [2.45, 2.75) is 6.92 Å². The quantitative estimate of drug-likeness (QED) is 0.808. The number of phenolic OH excluding ortho intramolecular Hbond substituents is 1. The number of hydrogen-bond donors (Lipinski definition) is 1. The minimum absolute atomic E-state index is 0.277. The van der Waals surface area contributed by atoms with Gasteiger partial charge in [0.15, 0.2) is 0 Å². The maximum atomic E-state index is 9.74. The van der Waals surface area contributed by atoms with Gasteiger partial charge in [-0.25, -0.2) is 4.98 Å². The molecule has 0 aliphatic rings. The monoisotopic (exact) mass is 200 g/mol. The second-order valence-electron chi connectivity index (χ2n) is 3.16. The van der Waals surface area contributed by atoms with Gasteiger partial charge in [-0.05, 0) is 19.1 Å². The van der Waals surface area contributed by atoms with Gasteiger partial charge < -0.3 is 9.67 Å². The number of benzene rings is 1. The predicted octanol–water partition coefficient (Wildman–Crippen LogP) is 2.50. The van der Waals surface area contributed by atoms with Crippen molar-refractivity contribution in [3.05, 3.63) is 54.6 Å². The van der Waals surface area contributed by atoms with E-state index in [0.29, 0.717) is 0 Å². The van der Waals surface area contributed by atoms with Gasteiger partial charge in [-0.1, -0.05) is 18.2 Å². The highest BCUT2D eigenvalue weighted by Crippen LogP contribution is 2.25. The van der Waals surface area contributed by atoms with Crippen molar-refractivity contribution in [2.24, 2.45) is 0 Å². The number of allylic oxidation sites excluding steroid dienone is 1. The molecule has 0 saturated carbocycles. The van der Waals surface area contributed by atoms with E-state index in [1.807, 2.05) is 35.9 Å². The Bertz CT molecular complexity index is 472. The molecule has 0 spiro atoms. The summed E-state index contributed by atoms with van der Waals surface area (Å²) in [7, 11) is 0. The van der Waals surface area contributed by atoms with Gasteiger partial charge in [-0.3, -0.25) is 0 Å². The van der Waals surface area contributed by atoms with E-state index < -0.39 is 0 Å². The lowest BCUT2D eigenvalue weighted by Crippen LogP contribution is -1.95. The second kappa shape index (κ2) is 4.00. The third-order valence-electron chi connectivity index (χ3n) is 2.24. The number of rotatable bonds is 2. The Morgan fingerprint density at radius 1 is 1.40 bits per heavy atom. The summed E-state index contributed by atoms with van der Waals surface area (Å²) in [5.74, 6) is 0.277. The van der Waals surface area contributed by atoms with Crippen LogP contribution in [0.1, 0.15) is 12.5 Å². The fourth-order valence-electron chi connectivity index (χ4n) is 1.54. The summed E-state index contributed by atoms with van der Waals surface area (Å²) in [6, 6.07) is 7.26. The van der Waals surface area contributed by atoms with Crippen LogP contribution in [0.3, 0.4) is 0 Å². The molecule has 1 aromatic carbocycles. The topological polar surface area (TPSA) is 38.0 Å². The van der Waals surface area contributed by atoms with E-state index in [2.05, 4.69) is 4.98 Å². The summed E-state index contributed by atoms with van der Waals surface area (Å²) in [6.45, 7) is 1.93. The number of aromatic nitrogens is 2. The Morgan fingerprint density at radius 2 is 2.20 bits per heavy atom. The molecule has 0 radical (unpaired) electrons. The van der Waals surface area contributed by atoms with Gasteiger partial charge in [0.25, 0.3) is 0 Å². The van der Waals surface area contributed by atoms with Gasteiger partial charge in [-0.2, -0.15) is 0 Å². The average molecular weight is 200 g/mol. The molecule has 3 heteroatoms. The molecule has 3 nitrogen and oxygen atoms in total. The molecule has 0 saturated heterocycles. The molecule has 0 fully saturated rings. The van der Waals surface area contributed by atoms with Crippen molar-refractivity contribution in [1.29, 1.82) is 0 Å². The fourth-order valence-corrected chi connectivity index (χ4v) is 1.54. The zero-order valence-corrected chi connectivity index (χ0v) is 8.46. The number of hydrogen-bond acceptors (Lipinski definition) is 2. The molecule has 15 heavy (non-hydrogen) atoms. The van der Waals surface area contributed by atoms with Crippen LogP contribution in [-0.2, 0) is 0 Å². The Morgan fingerprint density at radius 3 is 2.80 bits per heavy atom. The minimum Gasteiger partial charge on any atom is -0.507 e. The highest BCUT2D eigenvalue weighted by atomic mass is 16.3. The summed E-state index contributed by atoms with van der Waals surface area (Å²) >= 11 is 0. The van der Waals surface area contributed by atoms with Crippen LogP contribution in [0.15, 0.2) is 49.1 Å². The third kappa shape index (κ3) is 1.76. The SMILES string of the molecule is C/C=C(\c1ccccc1O)n1ccnc1. The molecule has 0 atom stereocenters. The van der Waals surface area contributed by atoms with E-state index in [1.54, 1.807) is 24.7 Å². The maximum Gasteiger partial charge on any atom is 0.124 e. The van der Waals surface area contributed by atoms with Gasteiger partial charge in [0.2, 0.25) is 0 Å². The van der Waals surface area contributed by atoms with E-state index in [1.165, 1.54) is 0 Å². The van der Waals surface area contributed by atoms with Crippen LogP contribution in [0.4, 0.5) is 0 Å². The van der Waals surface area contributed by atoms with E-state index in [4.69, 9.17) is 0 Å². The van der Waals surface area contributed by atoms with Crippen molar-refractivity contribution in [3.63, 3.8) is 0 Å². The molecule has 1 heterocycles. The van der Waals surface area contributed by atoms with Gasteiger partial charge in [0.1, 0.15) is 5.75 Å². The molecule has 2 aromatic rings. The van der Waals surface area contributed by atoms with Crippen LogP contribution in [-0.4, -0.2) is 14.7 Å². The zero-order chi connectivity index (χ0) is 10.7. The van der Waals surface area contributed by atoms with Crippen LogP contribution in [0.2, 0.25) is 0 Å². The van der Waals surface area contributed by atoms with Crippen LogP contribution < -0.4 is 0 Å². The molecule has 0 bridgehead atoms. The molecule has 1 aromatic heterocycles. The Kier molecular flexibility index (Phi) is 2.54. The smallest absolute Gasteiger partial charge is 0.124 e. The molecule has 0 unspecified atom stereocenters. The zero-order valence-electron chi connectivity index (χ0n) is 8.46. The van der Waals surface area contributed by atoms with Crippen LogP contribution in [0.5, 0.6) is 5.75 Å². The van der Waals surface area contributed by atoms with Crippen LogP contribution >= 0.6 is 0 Å². The highest BCUT2D eigenvalue weighted by molar-refractivity contribution is 5.69. The fraction of sp³-hybridized carbons (Fsp3) is 0.0833. The summed E-state index contributed by atoms with van der Waals surface area (Å²) in [5.41, 5.74) is 1.73. The van der Waals surface area contributed by atoms with Crippen molar-refractivity contribution in [2.75, 3.05) is 0 Å². The van der Waals surface area contributed by atoms with Gasteiger partial charge >= 0.3 is 0 Å². The van der Waals surface area contributed by atoms with Crippen molar-refractivity contribution in [1.82, 2.24) is 9.55 Å². The minimum atomic E-state index is 0.277. The summed E-state index contributed by atoms with van der Waals surface area (Å²) in [5, 5.41) is 9.74. The van der Waals surface area contributed by atoms with E-state index in [9.17, 15) is 5.11 Å². The summed E-state index contributed by atoms with van der Waals surface area (Å²) in [6.07, 6.45) is 7.21. The van der Waals surface area contributed by atoms with Gasteiger partial charge in [0.05, 0.1) is 12.0 Å².